The molecule has 0 aliphatic carbocycles. The molecule has 2 unspecified atom stereocenters. The zero-order chi connectivity index (χ0) is 38.6. The van der Waals surface area contributed by atoms with Gasteiger partial charge in [0.15, 0.2) is 6.10 Å². The maximum atomic E-state index is 12.6. The van der Waals surface area contributed by atoms with Gasteiger partial charge in [-0.15, -0.1) is 0 Å². The van der Waals surface area contributed by atoms with Crippen molar-refractivity contribution in [2.75, 3.05) is 47.5 Å². The Labute approximate surface area is 319 Å². The largest absolute Gasteiger partial charge is 0.756 e. The first kappa shape index (κ1) is 50.2. The van der Waals surface area contributed by atoms with Gasteiger partial charge in [-0.25, -0.2) is 0 Å². The highest BCUT2D eigenvalue weighted by Gasteiger charge is 2.21. The number of carbonyl (C=O) groups is 2. The molecule has 10 heteroatoms. The second kappa shape index (κ2) is 35.0. The van der Waals surface area contributed by atoms with Gasteiger partial charge in [0, 0.05) is 12.8 Å². The molecule has 0 radical (unpaired) electrons. The highest BCUT2D eigenvalue weighted by Crippen LogP contribution is 2.38. The summed E-state index contributed by atoms with van der Waals surface area (Å²) in [5, 5.41) is 0. The molecule has 0 rings (SSSR count). The molecule has 0 saturated heterocycles. The van der Waals surface area contributed by atoms with Crippen LogP contribution in [0.4, 0.5) is 0 Å². The highest BCUT2D eigenvalue weighted by molar-refractivity contribution is 7.45. The molecule has 0 saturated carbocycles. The summed E-state index contributed by atoms with van der Waals surface area (Å²) < 4.78 is 33.8. The van der Waals surface area contributed by atoms with Crippen LogP contribution in [0.25, 0.3) is 0 Å². The van der Waals surface area contributed by atoms with Crippen LogP contribution in [0.15, 0.2) is 36.5 Å². The molecule has 0 aromatic carbocycles. The fourth-order valence-corrected chi connectivity index (χ4v) is 6.06. The Morgan fingerprint density at radius 2 is 1.08 bits per heavy atom. The van der Waals surface area contributed by atoms with Crippen molar-refractivity contribution < 1.29 is 42.1 Å². The van der Waals surface area contributed by atoms with E-state index in [2.05, 4.69) is 50.3 Å². The molecule has 0 aromatic heterocycles. The Balaban J connectivity index is 4.42. The molecule has 0 fully saturated rings. The minimum Gasteiger partial charge on any atom is -0.756 e. The number of allylic oxidation sites excluding steroid dienone is 6. The average molecular weight is 756 g/mol. The van der Waals surface area contributed by atoms with E-state index < -0.39 is 32.5 Å². The number of hydrogen-bond donors (Lipinski definition) is 0. The van der Waals surface area contributed by atoms with E-state index in [1.165, 1.54) is 51.4 Å². The van der Waals surface area contributed by atoms with E-state index in [1.807, 2.05) is 21.1 Å². The topological polar surface area (TPSA) is 111 Å². The second-order valence-electron chi connectivity index (χ2n) is 15.0. The van der Waals surface area contributed by atoms with E-state index in [9.17, 15) is 19.0 Å². The molecule has 0 aliphatic heterocycles. The summed E-state index contributed by atoms with van der Waals surface area (Å²) in [5.74, 6) is -0.862. The molecule has 0 spiro atoms. The van der Waals surface area contributed by atoms with Crippen LogP contribution in [0.5, 0.6) is 0 Å². The van der Waals surface area contributed by atoms with Gasteiger partial charge in [-0.3, -0.25) is 14.2 Å². The van der Waals surface area contributed by atoms with Gasteiger partial charge in [0.05, 0.1) is 27.7 Å². The Hall–Kier alpha value is -1.77. The number of phosphoric acid groups is 1. The van der Waals surface area contributed by atoms with Gasteiger partial charge in [-0.2, -0.15) is 0 Å². The lowest BCUT2D eigenvalue weighted by Gasteiger charge is -2.28. The molecule has 0 bridgehead atoms. The number of unbranched alkanes of at least 4 members (excludes halogenated alkanes) is 17. The van der Waals surface area contributed by atoms with Crippen molar-refractivity contribution in [3.8, 4) is 0 Å². The number of esters is 2. The molecular weight excluding hydrogens is 677 g/mol. The number of phosphoric ester groups is 1. The van der Waals surface area contributed by atoms with E-state index in [-0.39, 0.29) is 26.1 Å². The summed E-state index contributed by atoms with van der Waals surface area (Å²) in [6, 6.07) is 0. The van der Waals surface area contributed by atoms with Crippen molar-refractivity contribution >= 4 is 19.8 Å². The van der Waals surface area contributed by atoms with E-state index in [0.29, 0.717) is 17.4 Å². The van der Waals surface area contributed by atoms with Gasteiger partial charge >= 0.3 is 11.9 Å². The van der Waals surface area contributed by atoms with Crippen LogP contribution in [0.2, 0.25) is 0 Å². The van der Waals surface area contributed by atoms with E-state index in [4.69, 9.17) is 18.5 Å². The quantitative estimate of drug-likeness (QED) is 0.0203. The maximum absolute atomic E-state index is 12.6. The Bertz CT molecular complexity index is 991. The number of nitrogens with zero attached hydrogens (tertiary/aromatic N) is 1. The number of ether oxygens (including phenoxy) is 2. The van der Waals surface area contributed by atoms with Crippen molar-refractivity contribution in [3.63, 3.8) is 0 Å². The summed E-state index contributed by atoms with van der Waals surface area (Å²) >= 11 is 0. The van der Waals surface area contributed by atoms with Crippen molar-refractivity contribution in [3.05, 3.63) is 36.5 Å². The lowest BCUT2D eigenvalue weighted by atomic mass is 10.1. The molecule has 0 N–H and O–H groups in total. The molecule has 2 atom stereocenters. The fraction of sp³-hybridized carbons (Fsp3) is 0.810. The van der Waals surface area contributed by atoms with Crippen molar-refractivity contribution in [1.29, 1.82) is 0 Å². The number of likely N-dealkylation sites (N-methyl/N-ethyl adjacent to an activating group) is 1. The first-order chi connectivity index (χ1) is 25.0. The van der Waals surface area contributed by atoms with Crippen LogP contribution >= 0.6 is 7.82 Å². The summed E-state index contributed by atoms with van der Waals surface area (Å²) in [7, 11) is 1.15. The first-order valence-electron chi connectivity index (χ1n) is 20.7. The predicted octanol–water partition coefficient (Wildman–Crippen LogP) is 10.7. The standard InChI is InChI=1S/C42H78NO8P/c1-6-8-10-12-14-16-18-20-21-23-24-26-28-30-32-34-41(44)48-38-40(39-50-52(46,47)49-37-36-43(3,4)5)51-42(45)35-33-31-29-27-25-22-19-17-15-13-11-9-7-2/h11,13,17,19-21,40H,6-10,12,14-16,18,22-39H2,1-5H3/b13-11-,19-17-,21-20-. The first-order valence-corrected chi connectivity index (χ1v) is 22.2. The lowest BCUT2D eigenvalue weighted by Crippen LogP contribution is -2.37. The van der Waals surface area contributed by atoms with Crippen LogP contribution in [0, 0.1) is 0 Å². The summed E-state index contributed by atoms with van der Waals surface area (Å²) in [6.07, 6.45) is 37.4. The summed E-state index contributed by atoms with van der Waals surface area (Å²) in [6.45, 7) is 4.12. The molecule has 0 aliphatic rings. The van der Waals surface area contributed by atoms with Crippen LogP contribution in [-0.2, 0) is 32.7 Å². The molecular formula is C42H78NO8P. The van der Waals surface area contributed by atoms with Gasteiger partial charge in [-0.05, 0) is 64.2 Å². The van der Waals surface area contributed by atoms with Gasteiger partial charge in [0.1, 0.15) is 19.8 Å². The van der Waals surface area contributed by atoms with Crippen LogP contribution in [-0.4, -0.2) is 70.0 Å². The van der Waals surface area contributed by atoms with Crippen molar-refractivity contribution in [2.45, 2.75) is 174 Å². The third kappa shape index (κ3) is 38.0. The van der Waals surface area contributed by atoms with Gasteiger partial charge in [0.25, 0.3) is 7.82 Å². The van der Waals surface area contributed by atoms with Crippen LogP contribution in [0.3, 0.4) is 0 Å². The third-order valence-electron chi connectivity index (χ3n) is 8.61. The zero-order valence-corrected chi connectivity index (χ0v) is 34.9. The van der Waals surface area contributed by atoms with E-state index in [1.54, 1.807) is 0 Å². The van der Waals surface area contributed by atoms with Crippen molar-refractivity contribution in [1.82, 2.24) is 0 Å². The lowest BCUT2D eigenvalue weighted by molar-refractivity contribution is -0.870. The smallest absolute Gasteiger partial charge is 0.306 e. The third-order valence-corrected chi connectivity index (χ3v) is 9.58. The predicted molar refractivity (Wildman–Crippen MR) is 213 cm³/mol. The van der Waals surface area contributed by atoms with Gasteiger partial charge in [-0.1, -0.05) is 127 Å². The number of rotatable bonds is 37. The number of hydrogen-bond acceptors (Lipinski definition) is 8. The fourth-order valence-electron chi connectivity index (χ4n) is 5.33. The average Bonchev–Trinajstić information content (AvgIpc) is 3.09. The Morgan fingerprint density at radius 1 is 0.596 bits per heavy atom. The minimum atomic E-state index is -4.62. The summed E-state index contributed by atoms with van der Waals surface area (Å²) in [4.78, 5) is 37.4. The molecule has 52 heavy (non-hydrogen) atoms. The molecule has 304 valence electrons. The highest BCUT2D eigenvalue weighted by atomic mass is 31.2. The number of quaternary nitrogens is 1. The SMILES string of the molecule is CCC/C=C\C/C=C\CCCCCCCC(=O)OC(COC(=O)CCCCCCC/C=C\CCCCCCCC)COP(=O)([O-])OCC[N+](C)(C)C. The van der Waals surface area contributed by atoms with Crippen LogP contribution in [0.1, 0.15) is 168 Å². The zero-order valence-electron chi connectivity index (χ0n) is 34.0. The van der Waals surface area contributed by atoms with Gasteiger partial charge < -0.3 is 27.9 Å². The molecule has 0 heterocycles. The van der Waals surface area contributed by atoms with Gasteiger partial charge in [0.2, 0.25) is 0 Å². The number of carbonyl (C=O) groups excluding carboxylic acids is 2. The van der Waals surface area contributed by atoms with Crippen LogP contribution < -0.4 is 4.89 Å². The van der Waals surface area contributed by atoms with Crippen molar-refractivity contribution in [2.24, 2.45) is 0 Å². The Kier molecular flexibility index (Phi) is 33.8. The molecule has 9 nitrogen and oxygen atoms in total. The molecule has 0 amide bonds. The van der Waals surface area contributed by atoms with E-state index >= 15 is 0 Å². The Morgan fingerprint density at radius 3 is 1.62 bits per heavy atom. The second-order valence-corrected chi connectivity index (χ2v) is 16.4. The maximum Gasteiger partial charge on any atom is 0.306 e. The monoisotopic (exact) mass is 756 g/mol. The summed E-state index contributed by atoms with van der Waals surface area (Å²) in [5.41, 5.74) is 0. The van der Waals surface area contributed by atoms with E-state index in [0.717, 1.165) is 83.5 Å². The normalized spacial score (nSPS) is 14.0. The molecule has 0 aromatic rings. The minimum absolute atomic E-state index is 0.0354.